The molecule has 0 unspecified atom stereocenters. The number of rotatable bonds is 3. The Hall–Kier alpha value is -2.17. The fourth-order valence-electron chi connectivity index (χ4n) is 2.35. The molecule has 3 aromatic carbocycles. The quantitative estimate of drug-likeness (QED) is 0.631. The highest BCUT2D eigenvalue weighted by Crippen LogP contribution is 2.23. The molecule has 0 saturated carbocycles. The molecule has 0 aromatic heterocycles. The van der Waals surface area contributed by atoms with Gasteiger partial charge in [0.25, 0.3) is 0 Å². The van der Waals surface area contributed by atoms with Crippen LogP contribution in [0.5, 0.6) is 0 Å². The van der Waals surface area contributed by atoms with Gasteiger partial charge < -0.3 is 0 Å². The van der Waals surface area contributed by atoms with Crippen LogP contribution in [-0.4, -0.2) is 5.80 Å². The minimum absolute atomic E-state index is 0.468. The highest BCUT2D eigenvalue weighted by atomic mass is 31.1. The van der Waals surface area contributed by atoms with E-state index in [2.05, 4.69) is 97.6 Å². The Balaban J connectivity index is 2.16. The average Bonchev–Trinajstić information content (AvgIpc) is 2.56. The van der Waals surface area contributed by atoms with E-state index in [9.17, 15) is 0 Å². The normalized spacial score (nSPS) is 10.1. The molecule has 102 valence electrons. The monoisotopic (exact) mass is 289 g/mol. The van der Waals surface area contributed by atoms with Crippen molar-refractivity contribution in [2.45, 2.75) is 6.92 Å². The second-order valence-corrected chi connectivity index (χ2v) is 7.06. The second kappa shape index (κ2) is 6.52. The topological polar surface area (TPSA) is 0 Å². The molecule has 3 aromatic rings. The van der Waals surface area contributed by atoms with Crippen LogP contribution in [0.2, 0.25) is 0 Å². The van der Waals surface area contributed by atoms with Gasteiger partial charge in [-0.05, 0) is 36.8 Å². The van der Waals surface area contributed by atoms with E-state index in [-0.39, 0.29) is 0 Å². The van der Waals surface area contributed by atoms with Gasteiger partial charge in [-0.2, -0.15) is 0 Å². The third kappa shape index (κ3) is 3.29. The van der Waals surface area contributed by atoms with Gasteiger partial charge >= 0.3 is 0 Å². The first-order valence-corrected chi connectivity index (χ1v) is 8.55. The number of benzene rings is 3. The summed E-state index contributed by atoms with van der Waals surface area (Å²) < 4.78 is 0. The van der Waals surface area contributed by atoms with E-state index in [1.807, 2.05) is 0 Å². The van der Waals surface area contributed by atoms with E-state index in [0.717, 1.165) is 0 Å². The van der Waals surface area contributed by atoms with Crippen molar-refractivity contribution < 1.29 is 0 Å². The van der Waals surface area contributed by atoms with Gasteiger partial charge in [-0.15, -0.1) is 0 Å². The maximum atomic E-state index is 2.43. The Morgan fingerprint density at radius 1 is 0.619 bits per heavy atom. The minimum Gasteiger partial charge on any atom is -0.0620 e. The van der Waals surface area contributed by atoms with Crippen molar-refractivity contribution in [2.75, 3.05) is 0 Å². The predicted molar refractivity (Wildman–Crippen MR) is 95.4 cm³/mol. The fourth-order valence-corrected chi connectivity index (χ4v) is 4.50. The zero-order chi connectivity index (χ0) is 14.5. The molecule has 0 heterocycles. The van der Waals surface area contributed by atoms with Crippen LogP contribution in [-0.2, 0) is 0 Å². The van der Waals surface area contributed by atoms with E-state index in [1.165, 1.54) is 21.7 Å². The van der Waals surface area contributed by atoms with Crippen molar-refractivity contribution >= 4 is 24.0 Å². The highest BCUT2D eigenvalue weighted by Gasteiger charge is 2.17. The smallest absolute Gasteiger partial charge is 0.0620 e. The molecule has 0 nitrogen and oxygen atoms in total. The van der Waals surface area contributed by atoms with Gasteiger partial charge in [0.2, 0.25) is 0 Å². The van der Waals surface area contributed by atoms with Gasteiger partial charge in [0, 0.05) is 5.56 Å². The molecule has 0 N–H and O–H groups in total. The molecule has 3 rings (SSSR count). The molecular weight excluding hydrogens is 271 g/mol. The Morgan fingerprint density at radius 2 is 1.10 bits per heavy atom. The third-order valence-electron chi connectivity index (χ3n) is 3.53. The molecule has 0 fully saturated rings. The van der Waals surface area contributed by atoms with Gasteiger partial charge in [0.15, 0.2) is 18.2 Å². The summed E-state index contributed by atoms with van der Waals surface area (Å²) in [6.45, 7) is 2.18. The van der Waals surface area contributed by atoms with Crippen molar-refractivity contribution in [3.8, 4) is 0 Å². The van der Waals surface area contributed by atoms with Crippen LogP contribution in [0.3, 0.4) is 0 Å². The van der Waals surface area contributed by atoms with Crippen LogP contribution < -0.4 is 10.6 Å². The third-order valence-corrected chi connectivity index (χ3v) is 5.77. The van der Waals surface area contributed by atoms with Gasteiger partial charge in [-0.25, -0.2) is 0 Å². The first kappa shape index (κ1) is 13.8. The largest absolute Gasteiger partial charge is 0.170 e. The lowest BCUT2D eigenvalue weighted by atomic mass is 10.1. The summed E-state index contributed by atoms with van der Waals surface area (Å²) in [6, 6.07) is 30.2. The van der Waals surface area contributed by atoms with Crippen molar-refractivity contribution in [1.82, 2.24) is 0 Å². The average molecular weight is 289 g/mol. The number of aryl methyl sites for hydroxylation is 1. The first-order chi connectivity index (χ1) is 10.3. The molecule has 0 aliphatic carbocycles. The summed E-state index contributed by atoms with van der Waals surface area (Å²) in [4.78, 5) is 0. The van der Waals surface area contributed by atoms with Crippen LogP contribution in [0.1, 0.15) is 11.1 Å². The van der Waals surface area contributed by atoms with E-state index < -0.39 is 7.55 Å². The Kier molecular flexibility index (Phi) is 4.28. The fraction of sp³-hybridized carbons (Fsp3) is 0.0500. The van der Waals surface area contributed by atoms with E-state index in [0.29, 0.717) is 0 Å². The first-order valence-electron chi connectivity index (χ1n) is 7.14. The van der Waals surface area contributed by atoms with Gasteiger partial charge in [-0.3, -0.25) is 0 Å². The standard InChI is InChI=1S/C20H18P/c1-17-10-8-9-11-18(17)16-21(19-12-4-2-5-13-19)20-14-6-3-7-15-20/h2-16H,1H3/q+1. The van der Waals surface area contributed by atoms with Gasteiger partial charge in [0.05, 0.1) is 0 Å². The molecule has 0 radical (unpaired) electrons. The molecule has 0 amide bonds. The second-order valence-electron chi connectivity index (χ2n) is 5.03. The summed E-state index contributed by atoms with van der Waals surface area (Å²) in [5.74, 6) is 2.43. The number of hydrogen-bond donors (Lipinski definition) is 0. The van der Waals surface area contributed by atoms with Crippen LogP contribution in [0, 0.1) is 6.92 Å². The lowest BCUT2D eigenvalue weighted by Gasteiger charge is -2.00. The van der Waals surface area contributed by atoms with Crippen LogP contribution in [0.4, 0.5) is 0 Å². The van der Waals surface area contributed by atoms with Crippen molar-refractivity contribution in [2.24, 2.45) is 0 Å². The van der Waals surface area contributed by atoms with Crippen molar-refractivity contribution in [3.63, 3.8) is 0 Å². The van der Waals surface area contributed by atoms with Crippen LogP contribution in [0.25, 0.3) is 0 Å². The van der Waals surface area contributed by atoms with E-state index >= 15 is 0 Å². The maximum Gasteiger partial charge on any atom is 0.170 e. The molecule has 0 aliphatic heterocycles. The summed E-state index contributed by atoms with van der Waals surface area (Å²) in [7, 11) is -0.468. The Morgan fingerprint density at radius 3 is 1.62 bits per heavy atom. The Labute approximate surface area is 127 Å². The number of hydrogen-bond acceptors (Lipinski definition) is 0. The van der Waals surface area contributed by atoms with Crippen LogP contribution in [0.15, 0.2) is 84.9 Å². The molecule has 0 bridgehead atoms. The zero-order valence-corrected chi connectivity index (χ0v) is 13.0. The summed E-state index contributed by atoms with van der Waals surface area (Å²) in [6.07, 6.45) is 0. The summed E-state index contributed by atoms with van der Waals surface area (Å²) >= 11 is 0. The molecule has 0 atom stereocenters. The molecular formula is C20H18P+. The lowest BCUT2D eigenvalue weighted by molar-refractivity contribution is 1.46. The summed E-state index contributed by atoms with van der Waals surface area (Å²) in [5, 5.41) is 2.78. The highest BCUT2D eigenvalue weighted by molar-refractivity contribution is 7.72. The Bertz CT molecular complexity index is 702. The van der Waals surface area contributed by atoms with E-state index in [1.54, 1.807) is 0 Å². The van der Waals surface area contributed by atoms with E-state index in [4.69, 9.17) is 0 Å². The molecule has 0 saturated heterocycles. The molecule has 0 aliphatic rings. The zero-order valence-electron chi connectivity index (χ0n) is 12.1. The van der Waals surface area contributed by atoms with Gasteiger partial charge in [0.1, 0.15) is 5.80 Å². The van der Waals surface area contributed by atoms with Crippen molar-refractivity contribution in [1.29, 1.82) is 0 Å². The SMILES string of the molecule is Cc1ccccc1C=[P+](c1ccccc1)c1ccccc1. The van der Waals surface area contributed by atoms with Crippen LogP contribution >= 0.6 is 7.55 Å². The lowest BCUT2D eigenvalue weighted by Crippen LogP contribution is -2.08. The molecule has 0 spiro atoms. The van der Waals surface area contributed by atoms with Crippen molar-refractivity contribution in [3.05, 3.63) is 96.1 Å². The molecule has 21 heavy (non-hydrogen) atoms. The maximum absolute atomic E-state index is 2.43. The van der Waals surface area contributed by atoms with Gasteiger partial charge in [-0.1, -0.05) is 60.7 Å². The molecule has 1 heteroatoms. The summed E-state index contributed by atoms with van der Waals surface area (Å²) in [5.41, 5.74) is 2.66. The minimum atomic E-state index is -0.468. The predicted octanol–water partition coefficient (Wildman–Crippen LogP) is 4.28.